The highest BCUT2D eigenvalue weighted by molar-refractivity contribution is 6.12. The molecule has 0 atom stereocenters. The van der Waals surface area contributed by atoms with Crippen LogP contribution in [-0.4, -0.2) is 0 Å². The fourth-order valence-corrected chi connectivity index (χ4v) is 21.3. The van der Waals surface area contributed by atoms with E-state index in [0.717, 1.165) is 120 Å². The van der Waals surface area contributed by atoms with E-state index in [9.17, 15) is 0 Å². The van der Waals surface area contributed by atoms with Gasteiger partial charge in [-0.15, -0.1) is 0 Å². The Hall–Kier alpha value is -16.3. The molecular formula is C125H105N5O5. The predicted molar refractivity (Wildman–Crippen MR) is 565 cm³/mol. The lowest BCUT2D eigenvalue weighted by Gasteiger charge is -2.36. The highest BCUT2D eigenvalue weighted by Crippen LogP contribution is 2.61. The standard InChI is InChI=1S/C29H23NO.3C25H21NO.C21H19NO/c1-18-16-19(2)27(20(3)17-18)30-28-23-10-6-4-8-21(23)12-14-25(28)31-26-15-13-22-9-5-7-11-24(22)29(26)30;1-16-12-17(2)25(18(3)13-16)26-21-10-6-7-11-23(21)27-24-15-20-9-5-4-8-19(20)14-22(24)26;1-16-14-17(2)24(18(3)15-16)26-21-10-6-7-11-23(21)27-25-20-9-5-4-8-19(20)12-13-22(25)26;1-16-14-17(2)24(18(3)15-16)26-21-10-6-7-11-22(21)27-23-13-12-19-8-4-5-9-20(19)25(23)26;1-14-12-15(2)21(16(3)13-14)22-17-8-4-6-10-19(17)23-20-11-7-5-9-18(20)22/h4-17H,1-3H3;3*4-15H,1-3H3;4-13H,1-3H3. The van der Waals surface area contributed by atoms with Gasteiger partial charge in [0.05, 0.1) is 85.3 Å². The van der Waals surface area contributed by atoms with E-state index in [2.05, 4.69) is 432 Å². The minimum Gasteiger partial charge on any atom is -0.453 e. The molecule has 5 aliphatic heterocycles. The molecule has 0 fully saturated rings. The third-order valence-corrected chi connectivity index (χ3v) is 26.3. The zero-order chi connectivity index (χ0) is 92.7. The average Bonchev–Trinajstić information content (AvgIpc) is 0.726. The summed E-state index contributed by atoms with van der Waals surface area (Å²) in [5, 5.41) is 11.9. The molecule has 20 aromatic rings. The minimum atomic E-state index is 0.889. The molecule has 0 unspecified atom stereocenters. The van der Waals surface area contributed by atoms with Crippen molar-refractivity contribution >= 4 is 139 Å². The van der Waals surface area contributed by atoms with Gasteiger partial charge in [0, 0.05) is 21.5 Å². The summed E-state index contributed by atoms with van der Waals surface area (Å²) in [6, 6.07) is 128. The number of para-hydroxylation sites is 10. The molecule has 0 saturated heterocycles. The lowest BCUT2D eigenvalue weighted by molar-refractivity contribution is 0.477. The molecule has 10 heteroatoms. The van der Waals surface area contributed by atoms with Crippen LogP contribution in [-0.2, 0) is 0 Å². The Kier molecular flexibility index (Phi) is 22.2. The molecule has 135 heavy (non-hydrogen) atoms. The lowest BCUT2D eigenvalue weighted by atomic mass is 9.97. The first-order chi connectivity index (χ1) is 65.6. The Morgan fingerprint density at radius 3 is 0.733 bits per heavy atom. The average molecular weight is 1760 g/mol. The van der Waals surface area contributed by atoms with Gasteiger partial charge < -0.3 is 48.2 Å². The van der Waals surface area contributed by atoms with Crippen molar-refractivity contribution in [3.63, 3.8) is 0 Å². The molecule has 660 valence electrons. The van der Waals surface area contributed by atoms with E-state index in [1.807, 2.05) is 60.7 Å². The number of hydrogen-bond donors (Lipinski definition) is 0. The molecule has 0 saturated carbocycles. The fraction of sp³-hybridized carbons (Fsp3) is 0.120. The van der Waals surface area contributed by atoms with Gasteiger partial charge in [0.2, 0.25) is 0 Å². The van der Waals surface area contributed by atoms with Crippen molar-refractivity contribution in [3.05, 3.63) is 447 Å². The Labute approximate surface area is 790 Å². The Morgan fingerprint density at radius 1 is 0.141 bits per heavy atom. The third kappa shape index (κ3) is 15.6. The van der Waals surface area contributed by atoms with E-state index in [1.54, 1.807) is 0 Å². The summed E-state index contributed by atoms with van der Waals surface area (Å²) < 4.78 is 31.6. The topological polar surface area (TPSA) is 62.3 Å². The van der Waals surface area contributed by atoms with Gasteiger partial charge in [-0.25, -0.2) is 0 Å². The van der Waals surface area contributed by atoms with E-state index < -0.39 is 0 Å². The van der Waals surface area contributed by atoms with E-state index in [0.29, 0.717) is 0 Å². The van der Waals surface area contributed by atoms with E-state index in [1.165, 1.54) is 160 Å². The molecule has 0 aliphatic carbocycles. The maximum Gasteiger partial charge on any atom is 0.159 e. The molecule has 0 amide bonds. The molecule has 20 aromatic carbocycles. The van der Waals surface area contributed by atoms with Crippen LogP contribution in [0.3, 0.4) is 0 Å². The second-order valence-electron chi connectivity index (χ2n) is 36.5. The Morgan fingerprint density at radius 2 is 0.370 bits per heavy atom. The van der Waals surface area contributed by atoms with Crippen LogP contribution >= 0.6 is 0 Å². The zero-order valence-electron chi connectivity index (χ0n) is 78.9. The van der Waals surface area contributed by atoms with Crippen molar-refractivity contribution in [2.75, 3.05) is 24.5 Å². The van der Waals surface area contributed by atoms with Crippen molar-refractivity contribution < 1.29 is 23.7 Å². The van der Waals surface area contributed by atoms with Gasteiger partial charge in [-0.3, -0.25) is 0 Å². The Bertz CT molecular complexity index is 7830. The summed E-state index contributed by atoms with van der Waals surface area (Å²) in [7, 11) is 0. The second kappa shape index (κ2) is 35.1. The summed E-state index contributed by atoms with van der Waals surface area (Å²) in [4.78, 5) is 11.8. The number of nitrogens with zero attached hydrogens (tertiary/aromatic N) is 5. The number of anilines is 15. The normalized spacial score (nSPS) is 12.5. The van der Waals surface area contributed by atoms with Crippen LogP contribution in [0.25, 0.3) is 53.9 Å². The van der Waals surface area contributed by atoms with Crippen LogP contribution < -0.4 is 48.2 Å². The maximum atomic E-state index is 6.51. The highest BCUT2D eigenvalue weighted by atomic mass is 16.5. The smallest absolute Gasteiger partial charge is 0.159 e. The van der Waals surface area contributed by atoms with Crippen molar-refractivity contribution in [2.45, 2.75) is 104 Å². The fourth-order valence-electron chi connectivity index (χ4n) is 21.3. The van der Waals surface area contributed by atoms with E-state index in [-0.39, 0.29) is 0 Å². The van der Waals surface area contributed by atoms with Crippen LogP contribution in [0.1, 0.15) is 83.5 Å². The maximum absolute atomic E-state index is 6.51. The minimum absolute atomic E-state index is 0.889. The quantitative estimate of drug-likeness (QED) is 0.167. The van der Waals surface area contributed by atoms with Gasteiger partial charge in [0.15, 0.2) is 57.5 Å². The molecule has 5 heterocycles. The van der Waals surface area contributed by atoms with Crippen LogP contribution in [0.4, 0.5) is 85.3 Å². The summed E-state index contributed by atoms with van der Waals surface area (Å²) in [5.74, 6) is 8.95. The Balaban J connectivity index is 0.000000101. The lowest BCUT2D eigenvalue weighted by Crippen LogP contribution is -2.18. The number of fused-ring (bicyclic) bond motifs is 19. The van der Waals surface area contributed by atoms with E-state index in [4.69, 9.17) is 23.7 Å². The number of aryl methyl sites for hydroxylation is 15. The van der Waals surface area contributed by atoms with Gasteiger partial charge in [0.1, 0.15) is 0 Å². The van der Waals surface area contributed by atoms with Crippen LogP contribution in [0.15, 0.2) is 364 Å². The molecule has 10 nitrogen and oxygen atoms in total. The molecule has 0 bridgehead atoms. The van der Waals surface area contributed by atoms with Crippen molar-refractivity contribution in [1.29, 1.82) is 0 Å². The van der Waals surface area contributed by atoms with Crippen molar-refractivity contribution in [1.82, 2.24) is 0 Å². The summed E-state index contributed by atoms with van der Waals surface area (Å²) >= 11 is 0. The zero-order valence-corrected chi connectivity index (χ0v) is 78.9. The first kappa shape index (κ1) is 85.5. The van der Waals surface area contributed by atoms with Crippen LogP contribution in [0.2, 0.25) is 0 Å². The number of hydrogen-bond acceptors (Lipinski definition) is 10. The third-order valence-electron chi connectivity index (χ3n) is 26.3. The first-order valence-electron chi connectivity index (χ1n) is 46.5. The molecule has 0 aromatic heterocycles. The molecule has 0 radical (unpaired) electrons. The second-order valence-corrected chi connectivity index (χ2v) is 36.5. The van der Waals surface area contributed by atoms with Gasteiger partial charge in [-0.1, -0.05) is 295 Å². The SMILES string of the molecule is Cc1cc(C)c(N2c3c(ccc4ccccc34)Oc3ccc4ccccc4c32)c(C)c1.Cc1cc(C)c(N2c3ccccc3Oc3c2ccc2ccccc32)c(C)c1.Cc1cc(C)c(N2c3ccccc3Oc3cc4ccccc4cc32)c(C)c1.Cc1cc(C)c(N2c3ccccc3Oc3ccc4ccccc4c32)c(C)c1.Cc1cc(C)c(N2c3ccccc3Oc3ccccc32)c(C)c1. The summed E-state index contributed by atoms with van der Waals surface area (Å²) in [6.07, 6.45) is 0. The predicted octanol–water partition coefficient (Wildman–Crippen LogP) is 36.7. The van der Waals surface area contributed by atoms with Crippen molar-refractivity contribution in [2.24, 2.45) is 0 Å². The summed E-state index contributed by atoms with van der Waals surface area (Å²) in [6.45, 7) is 32.7. The molecule has 5 aliphatic rings. The molecule has 25 rings (SSSR count). The molecule has 0 spiro atoms. The van der Waals surface area contributed by atoms with Crippen LogP contribution in [0, 0.1) is 104 Å². The van der Waals surface area contributed by atoms with Gasteiger partial charge in [-0.05, 0) is 289 Å². The first-order valence-corrected chi connectivity index (χ1v) is 46.5. The molecule has 0 N–H and O–H groups in total. The van der Waals surface area contributed by atoms with Crippen LogP contribution in [0.5, 0.6) is 57.5 Å². The van der Waals surface area contributed by atoms with Gasteiger partial charge in [-0.2, -0.15) is 0 Å². The molecular weight excluding hydrogens is 1650 g/mol. The van der Waals surface area contributed by atoms with Gasteiger partial charge in [0.25, 0.3) is 0 Å². The number of ether oxygens (including phenoxy) is 5. The van der Waals surface area contributed by atoms with Crippen molar-refractivity contribution in [3.8, 4) is 57.5 Å². The monoisotopic (exact) mass is 1760 g/mol. The van der Waals surface area contributed by atoms with Gasteiger partial charge >= 0.3 is 0 Å². The van der Waals surface area contributed by atoms with E-state index >= 15 is 0 Å². The largest absolute Gasteiger partial charge is 0.453 e. The summed E-state index contributed by atoms with van der Waals surface area (Å²) in [5.41, 5.74) is 36.2. The number of benzene rings is 20. The highest BCUT2D eigenvalue weighted by Gasteiger charge is 2.36. The number of rotatable bonds is 5.